The SMILES string of the molecule is CC(C)c1nc(C(C)C)c2nc(C(C)C)oc2n1. The summed E-state index contributed by atoms with van der Waals surface area (Å²) >= 11 is 0. The third-order valence-corrected chi connectivity index (χ3v) is 2.88. The topological polar surface area (TPSA) is 51.8 Å². The van der Waals surface area contributed by atoms with Crippen molar-refractivity contribution in [2.45, 2.75) is 59.3 Å². The Kier molecular flexibility index (Phi) is 3.37. The van der Waals surface area contributed by atoms with Crippen LogP contribution in [-0.2, 0) is 0 Å². The Labute approximate surface area is 108 Å². The van der Waals surface area contributed by atoms with Gasteiger partial charge in [-0.25, -0.2) is 9.97 Å². The minimum atomic E-state index is 0.265. The van der Waals surface area contributed by atoms with Crippen molar-refractivity contribution in [1.82, 2.24) is 15.0 Å². The van der Waals surface area contributed by atoms with E-state index >= 15 is 0 Å². The zero-order valence-corrected chi connectivity index (χ0v) is 12.0. The summed E-state index contributed by atoms with van der Waals surface area (Å²) in [7, 11) is 0. The highest BCUT2D eigenvalue weighted by Gasteiger charge is 2.19. The van der Waals surface area contributed by atoms with Crippen molar-refractivity contribution >= 4 is 11.2 Å². The Balaban J connectivity index is 2.69. The van der Waals surface area contributed by atoms with Gasteiger partial charge < -0.3 is 4.42 Å². The van der Waals surface area contributed by atoms with Crippen molar-refractivity contribution < 1.29 is 4.42 Å². The lowest BCUT2D eigenvalue weighted by molar-refractivity contribution is 0.492. The molecule has 0 unspecified atom stereocenters. The molecule has 2 aromatic heterocycles. The van der Waals surface area contributed by atoms with Crippen molar-refractivity contribution in [3.63, 3.8) is 0 Å². The van der Waals surface area contributed by atoms with Gasteiger partial charge in [0.25, 0.3) is 5.71 Å². The van der Waals surface area contributed by atoms with Crippen molar-refractivity contribution in [3.05, 3.63) is 17.4 Å². The highest BCUT2D eigenvalue weighted by Crippen LogP contribution is 2.27. The predicted molar refractivity (Wildman–Crippen MR) is 71.9 cm³/mol. The number of hydrogen-bond acceptors (Lipinski definition) is 4. The maximum Gasteiger partial charge on any atom is 0.250 e. The van der Waals surface area contributed by atoms with Crippen LogP contribution in [-0.4, -0.2) is 15.0 Å². The summed E-state index contributed by atoms with van der Waals surface area (Å²) in [4.78, 5) is 13.7. The molecule has 2 rings (SSSR count). The van der Waals surface area contributed by atoms with Crippen LogP contribution in [0.5, 0.6) is 0 Å². The second-order valence-electron chi connectivity index (χ2n) is 5.64. The summed E-state index contributed by atoms with van der Waals surface area (Å²) in [6, 6.07) is 0. The Hall–Kier alpha value is -1.45. The van der Waals surface area contributed by atoms with E-state index in [-0.39, 0.29) is 5.92 Å². The molecule has 0 aliphatic carbocycles. The fraction of sp³-hybridized carbons (Fsp3) is 0.643. The van der Waals surface area contributed by atoms with E-state index in [1.54, 1.807) is 0 Å². The van der Waals surface area contributed by atoms with Crippen molar-refractivity contribution in [1.29, 1.82) is 0 Å². The molecule has 0 fully saturated rings. The summed E-state index contributed by atoms with van der Waals surface area (Å²) in [5.74, 6) is 2.44. The molecule has 0 spiro atoms. The lowest BCUT2D eigenvalue weighted by Crippen LogP contribution is -2.03. The smallest absolute Gasteiger partial charge is 0.250 e. The van der Waals surface area contributed by atoms with Gasteiger partial charge in [0.1, 0.15) is 5.82 Å². The van der Waals surface area contributed by atoms with Crippen LogP contribution in [0.2, 0.25) is 0 Å². The number of oxazole rings is 1. The fourth-order valence-corrected chi connectivity index (χ4v) is 1.78. The first-order valence-electron chi connectivity index (χ1n) is 6.58. The molecule has 0 saturated carbocycles. The number of nitrogens with zero attached hydrogens (tertiary/aromatic N) is 3. The van der Waals surface area contributed by atoms with Crippen LogP contribution in [0.3, 0.4) is 0 Å². The van der Waals surface area contributed by atoms with E-state index in [2.05, 4.69) is 56.5 Å². The fourth-order valence-electron chi connectivity index (χ4n) is 1.78. The van der Waals surface area contributed by atoms with Crippen LogP contribution in [0.1, 0.15) is 76.7 Å². The molecule has 0 aliphatic heterocycles. The average Bonchev–Trinajstić information content (AvgIpc) is 2.70. The molecule has 0 N–H and O–H groups in total. The molecular weight excluding hydrogens is 226 g/mol. The van der Waals surface area contributed by atoms with Crippen molar-refractivity contribution in [2.24, 2.45) is 0 Å². The van der Waals surface area contributed by atoms with E-state index in [9.17, 15) is 0 Å². The highest BCUT2D eigenvalue weighted by molar-refractivity contribution is 5.71. The average molecular weight is 247 g/mol. The summed E-state index contributed by atoms with van der Waals surface area (Å²) in [6.45, 7) is 12.5. The number of hydrogen-bond donors (Lipinski definition) is 0. The first-order chi connectivity index (χ1) is 8.40. The second kappa shape index (κ2) is 4.67. The molecule has 0 bridgehead atoms. The molecule has 0 saturated heterocycles. The molecule has 4 heteroatoms. The third-order valence-electron chi connectivity index (χ3n) is 2.88. The molecule has 0 radical (unpaired) electrons. The first-order valence-corrected chi connectivity index (χ1v) is 6.58. The van der Waals surface area contributed by atoms with Gasteiger partial charge in [-0.1, -0.05) is 41.5 Å². The second-order valence-corrected chi connectivity index (χ2v) is 5.64. The van der Waals surface area contributed by atoms with Crippen LogP contribution < -0.4 is 0 Å². The Bertz CT molecular complexity index is 555. The van der Waals surface area contributed by atoms with Crippen LogP contribution in [0.15, 0.2) is 4.42 Å². The normalized spacial score (nSPS) is 12.3. The maximum absolute atomic E-state index is 5.75. The standard InChI is InChI=1S/C14H21N3O/c1-7(2)10-11-14(17-12(15-10)8(3)4)18-13(16-11)9(5)6/h7-9H,1-6H3. The molecular formula is C14H21N3O. The van der Waals surface area contributed by atoms with Gasteiger partial charge in [0.05, 0.1) is 5.69 Å². The number of fused-ring (bicyclic) bond motifs is 1. The third kappa shape index (κ3) is 2.24. The van der Waals surface area contributed by atoms with Crippen LogP contribution in [0, 0.1) is 0 Å². The molecule has 98 valence electrons. The molecule has 18 heavy (non-hydrogen) atoms. The van der Waals surface area contributed by atoms with Crippen molar-refractivity contribution in [2.75, 3.05) is 0 Å². The molecule has 0 amide bonds. The lowest BCUT2D eigenvalue weighted by atomic mass is 10.1. The van der Waals surface area contributed by atoms with Gasteiger partial charge in [0, 0.05) is 11.8 Å². The lowest BCUT2D eigenvalue weighted by Gasteiger charge is -2.08. The van der Waals surface area contributed by atoms with Crippen molar-refractivity contribution in [3.8, 4) is 0 Å². The van der Waals surface area contributed by atoms with Crippen LogP contribution in [0.4, 0.5) is 0 Å². The number of aromatic nitrogens is 3. The monoisotopic (exact) mass is 247 g/mol. The Morgan fingerprint density at radius 2 is 1.44 bits per heavy atom. The van der Waals surface area contributed by atoms with E-state index < -0.39 is 0 Å². The molecule has 0 aromatic carbocycles. The molecule has 4 nitrogen and oxygen atoms in total. The highest BCUT2D eigenvalue weighted by atomic mass is 16.4. The minimum absolute atomic E-state index is 0.265. The van der Waals surface area contributed by atoms with E-state index in [4.69, 9.17) is 4.42 Å². The van der Waals surface area contributed by atoms with Gasteiger partial charge in [-0.3, -0.25) is 0 Å². The Morgan fingerprint density at radius 3 is 1.94 bits per heavy atom. The predicted octanol–water partition coefficient (Wildman–Crippen LogP) is 3.99. The van der Waals surface area contributed by atoms with Gasteiger partial charge in [0.15, 0.2) is 11.4 Å². The molecule has 0 aliphatic rings. The largest absolute Gasteiger partial charge is 0.422 e. The molecule has 0 atom stereocenters. The van der Waals surface area contributed by atoms with E-state index in [0.29, 0.717) is 17.5 Å². The number of rotatable bonds is 3. The molecule has 2 aromatic rings. The van der Waals surface area contributed by atoms with Gasteiger partial charge >= 0.3 is 0 Å². The summed E-state index contributed by atoms with van der Waals surface area (Å²) in [6.07, 6.45) is 0. The Morgan fingerprint density at radius 1 is 0.778 bits per heavy atom. The first kappa shape index (κ1) is 13.0. The minimum Gasteiger partial charge on any atom is -0.422 e. The van der Waals surface area contributed by atoms with Gasteiger partial charge in [-0.2, -0.15) is 4.98 Å². The molecule has 2 heterocycles. The summed E-state index contributed by atoms with van der Waals surface area (Å²) in [5.41, 5.74) is 2.43. The van der Waals surface area contributed by atoms with Crippen LogP contribution >= 0.6 is 0 Å². The quantitative estimate of drug-likeness (QED) is 0.823. The summed E-state index contributed by atoms with van der Waals surface area (Å²) in [5, 5.41) is 0. The zero-order chi connectivity index (χ0) is 13.4. The van der Waals surface area contributed by atoms with Crippen LogP contribution in [0.25, 0.3) is 11.2 Å². The maximum atomic E-state index is 5.75. The van der Waals surface area contributed by atoms with Gasteiger partial charge in [-0.15, -0.1) is 0 Å². The zero-order valence-electron chi connectivity index (χ0n) is 12.0. The van der Waals surface area contributed by atoms with E-state index in [1.165, 1.54) is 0 Å². The van der Waals surface area contributed by atoms with E-state index in [0.717, 1.165) is 22.9 Å². The van der Waals surface area contributed by atoms with Gasteiger partial charge in [0.2, 0.25) is 0 Å². The van der Waals surface area contributed by atoms with Gasteiger partial charge in [-0.05, 0) is 5.92 Å². The summed E-state index contributed by atoms with van der Waals surface area (Å²) < 4.78 is 5.75. The van der Waals surface area contributed by atoms with E-state index in [1.807, 2.05) is 0 Å².